The summed E-state index contributed by atoms with van der Waals surface area (Å²) in [6, 6.07) is 11.2. The second-order valence-electron chi connectivity index (χ2n) is 5.84. The molecule has 0 saturated carbocycles. The first-order chi connectivity index (χ1) is 11.8. The van der Waals surface area contributed by atoms with Gasteiger partial charge in [0.2, 0.25) is 0 Å². The van der Waals surface area contributed by atoms with Crippen LogP contribution in [0.1, 0.15) is 24.3 Å². The van der Waals surface area contributed by atoms with Crippen LogP contribution in [0.25, 0.3) is 10.8 Å². The Kier molecular flexibility index (Phi) is 6.72. The van der Waals surface area contributed by atoms with Gasteiger partial charge in [-0.2, -0.15) is 24.9 Å². The van der Waals surface area contributed by atoms with Gasteiger partial charge in [0.05, 0.1) is 5.92 Å². The zero-order chi connectivity index (χ0) is 18.4. The van der Waals surface area contributed by atoms with Gasteiger partial charge >= 0.3 is 12.1 Å². The summed E-state index contributed by atoms with van der Waals surface area (Å²) in [5.41, 5.74) is 5.64. The largest absolute Gasteiger partial charge is 0.480 e. The molecule has 2 unspecified atom stereocenters. The van der Waals surface area contributed by atoms with Crippen molar-refractivity contribution in [2.75, 3.05) is 11.5 Å². The van der Waals surface area contributed by atoms with E-state index in [1.165, 1.54) is 17.8 Å². The lowest BCUT2D eigenvalue weighted by molar-refractivity contribution is -0.150. The number of benzene rings is 2. The summed E-state index contributed by atoms with van der Waals surface area (Å²) in [7, 11) is 0. The highest BCUT2D eigenvalue weighted by atomic mass is 32.2. The van der Waals surface area contributed by atoms with Crippen LogP contribution in [-0.2, 0) is 4.79 Å². The molecular weight excluding hydrogens is 351 g/mol. The molecule has 0 amide bonds. The number of carbonyl (C=O) groups is 1. The fraction of sp³-hybridized carbons (Fsp3) is 0.389. The van der Waals surface area contributed by atoms with E-state index >= 15 is 0 Å². The third-order valence-electron chi connectivity index (χ3n) is 4.01. The lowest BCUT2D eigenvalue weighted by Gasteiger charge is -2.21. The van der Waals surface area contributed by atoms with Crippen molar-refractivity contribution < 1.29 is 23.1 Å². The standard InChI is InChI=1S/C18H20F3NO2S/c19-18(20,21)15(7-9-25-10-8-16(22)17(23)24)14-6-5-12-3-1-2-4-13(12)11-14/h1-6,11,15-16H,7-10,22H2,(H,23,24). The molecule has 0 aliphatic carbocycles. The SMILES string of the molecule is NC(CCSCCC(c1ccc2ccccc2c1)C(F)(F)F)C(=O)O. The molecule has 2 rings (SSSR count). The minimum atomic E-state index is -4.32. The first kappa shape index (κ1) is 19.6. The fourth-order valence-corrected chi connectivity index (χ4v) is 3.61. The Morgan fingerprint density at radius 2 is 1.72 bits per heavy atom. The Morgan fingerprint density at radius 3 is 2.36 bits per heavy atom. The maximum Gasteiger partial charge on any atom is 0.395 e. The lowest BCUT2D eigenvalue weighted by Crippen LogP contribution is -2.30. The Morgan fingerprint density at radius 1 is 1.08 bits per heavy atom. The number of carboxylic acid groups (broad SMARTS) is 1. The number of fused-ring (bicyclic) bond motifs is 1. The van der Waals surface area contributed by atoms with Gasteiger partial charge in [-0.05, 0) is 40.7 Å². The molecule has 0 aliphatic rings. The molecule has 0 bridgehead atoms. The molecule has 0 aliphatic heterocycles. The van der Waals surface area contributed by atoms with Crippen molar-refractivity contribution in [2.24, 2.45) is 5.73 Å². The highest BCUT2D eigenvalue weighted by Crippen LogP contribution is 2.39. The molecule has 0 spiro atoms. The molecule has 2 atom stereocenters. The first-order valence-corrected chi connectivity index (χ1v) is 9.06. The molecule has 0 aromatic heterocycles. The predicted molar refractivity (Wildman–Crippen MR) is 94.9 cm³/mol. The molecule has 7 heteroatoms. The highest BCUT2D eigenvalue weighted by Gasteiger charge is 2.40. The van der Waals surface area contributed by atoms with E-state index in [2.05, 4.69) is 0 Å². The Labute approximate surface area is 148 Å². The normalized spacial score (nSPS) is 14.4. The van der Waals surface area contributed by atoms with Crippen LogP contribution in [-0.4, -0.2) is 34.8 Å². The van der Waals surface area contributed by atoms with Crippen molar-refractivity contribution in [3.63, 3.8) is 0 Å². The van der Waals surface area contributed by atoms with Crippen LogP contribution in [0.15, 0.2) is 42.5 Å². The fourth-order valence-electron chi connectivity index (χ4n) is 2.58. The molecule has 136 valence electrons. The summed E-state index contributed by atoms with van der Waals surface area (Å²) in [6.45, 7) is 0. The number of carboxylic acids is 1. The van der Waals surface area contributed by atoms with Crippen LogP contribution in [0.5, 0.6) is 0 Å². The molecule has 25 heavy (non-hydrogen) atoms. The van der Waals surface area contributed by atoms with Crippen LogP contribution in [0.3, 0.4) is 0 Å². The maximum absolute atomic E-state index is 13.4. The summed E-state index contributed by atoms with van der Waals surface area (Å²) < 4.78 is 40.3. The van der Waals surface area contributed by atoms with Crippen LogP contribution in [0.2, 0.25) is 0 Å². The zero-order valence-corrected chi connectivity index (χ0v) is 14.3. The molecular formula is C18H20F3NO2S. The molecule has 3 nitrogen and oxygen atoms in total. The zero-order valence-electron chi connectivity index (χ0n) is 13.5. The van der Waals surface area contributed by atoms with Crippen molar-refractivity contribution in [3.05, 3.63) is 48.0 Å². The molecule has 0 heterocycles. The van der Waals surface area contributed by atoms with Gasteiger partial charge in [0, 0.05) is 0 Å². The van der Waals surface area contributed by atoms with Crippen LogP contribution >= 0.6 is 11.8 Å². The van der Waals surface area contributed by atoms with E-state index < -0.39 is 24.1 Å². The number of alkyl halides is 3. The molecule has 2 aromatic rings. The van der Waals surface area contributed by atoms with E-state index in [0.29, 0.717) is 11.5 Å². The van der Waals surface area contributed by atoms with Crippen LogP contribution in [0, 0.1) is 0 Å². The monoisotopic (exact) mass is 371 g/mol. The third-order valence-corrected chi connectivity index (χ3v) is 5.06. The third kappa shape index (κ3) is 5.64. The maximum atomic E-state index is 13.4. The molecule has 0 saturated heterocycles. The highest BCUT2D eigenvalue weighted by molar-refractivity contribution is 7.99. The number of hydrogen-bond acceptors (Lipinski definition) is 3. The smallest absolute Gasteiger partial charge is 0.395 e. The van der Waals surface area contributed by atoms with Crippen molar-refractivity contribution >= 4 is 28.5 Å². The molecule has 0 radical (unpaired) electrons. The molecule has 0 fully saturated rings. The van der Waals surface area contributed by atoms with Gasteiger partial charge in [0.25, 0.3) is 0 Å². The summed E-state index contributed by atoms with van der Waals surface area (Å²) in [5, 5.41) is 10.4. The summed E-state index contributed by atoms with van der Waals surface area (Å²) >= 11 is 1.30. The van der Waals surface area contributed by atoms with E-state index in [1.54, 1.807) is 24.3 Å². The average molecular weight is 371 g/mol. The van der Waals surface area contributed by atoms with Gasteiger partial charge in [0.15, 0.2) is 0 Å². The minimum Gasteiger partial charge on any atom is -0.480 e. The quantitative estimate of drug-likeness (QED) is 0.675. The van der Waals surface area contributed by atoms with Gasteiger partial charge in [-0.1, -0.05) is 42.5 Å². The van der Waals surface area contributed by atoms with Crippen LogP contribution in [0.4, 0.5) is 13.2 Å². The van der Waals surface area contributed by atoms with Gasteiger partial charge in [-0.25, -0.2) is 0 Å². The first-order valence-electron chi connectivity index (χ1n) is 7.90. The van der Waals surface area contributed by atoms with Gasteiger partial charge in [0.1, 0.15) is 6.04 Å². The molecule has 2 aromatic carbocycles. The predicted octanol–water partition coefficient (Wildman–Crippen LogP) is 4.41. The van der Waals surface area contributed by atoms with Crippen molar-refractivity contribution in [1.82, 2.24) is 0 Å². The summed E-state index contributed by atoms with van der Waals surface area (Å²) in [5.74, 6) is -1.90. The second-order valence-corrected chi connectivity index (χ2v) is 7.06. The van der Waals surface area contributed by atoms with E-state index in [9.17, 15) is 18.0 Å². The minimum absolute atomic E-state index is 0.0468. The van der Waals surface area contributed by atoms with E-state index in [-0.39, 0.29) is 18.4 Å². The van der Waals surface area contributed by atoms with Gasteiger partial charge in [-0.15, -0.1) is 0 Å². The number of halogens is 3. The van der Waals surface area contributed by atoms with Crippen molar-refractivity contribution in [3.8, 4) is 0 Å². The van der Waals surface area contributed by atoms with Gasteiger partial charge in [-0.3, -0.25) is 4.79 Å². The number of hydrogen-bond donors (Lipinski definition) is 2. The topological polar surface area (TPSA) is 63.3 Å². The number of thioether (sulfide) groups is 1. The summed E-state index contributed by atoms with van der Waals surface area (Å²) in [6.07, 6.45) is -4.12. The van der Waals surface area contributed by atoms with Crippen molar-refractivity contribution in [2.45, 2.75) is 31.0 Å². The number of rotatable bonds is 8. The number of aliphatic carboxylic acids is 1. The Bertz CT molecular complexity index is 721. The van der Waals surface area contributed by atoms with Crippen LogP contribution < -0.4 is 5.73 Å². The van der Waals surface area contributed by atoms with E-state index in [1.807, 2.05) is 12.1 Å². The Balaban J connectivity index is 2.00. The Hall–Kier alpha value is -1.73. The summed E-state index contributed by atoms with van der Waals surface area (Å²) in [4.78, 5) is 10.6. The van der Waals surface area contributed by atoms with Gasteiger partial charge < -0.3 is 10.8 Å². The average Bonchev–Trinajstić information content (AvgIpc) is 2.56. The second kappa shape index (κ2) is 8.58. The van der Waals surface area contributed by atoms with Crippen molar-refractivity contribution in [1.29, 1.82) is 0 Å². The van der Waals surface area contributed by atoms with E-state index in [0.717, 1.165) is 10.8 Å². The molecule has 3 N–H and O–H groups in total. The lowest BCUT2D eigenvalue weighted by atomic mass is 9.93. The van der Waals surface area contributed by atoms with E-state index in [4.69, 9.17) is 10.8 Å². The number of nitrogens with two attached hydrogens (primary N) is 1.